The molecule has 2 aromatic heterocycles. The molecule has 0 unspecified atom stereocenters. The van der Waals surface area contributed by atoms with Gasteiger partial charge in [0.25, 0.3) is 5.56 Å². The fourth-order valence-electron chi connectivity index (χ4n) is 4.04. The van der Waals surface area contributed by atoms with Crippen LogP contribution in [0.2, 0.25) is 0 Å². The Hall–Kier alpha value is -2.96. The number of benzene rings is 1. The highest BCUT2D eigenvalue weighted by Gasteiger charge is 2.16. The molecule has 3 aromatic rings. The zero-order chi connectivity index (χ0) is 20.4. The second-order valence-corrected chi connectivity index (χ2v) is 8.06. The highest BCUT2D eigenvalue weighted by atomic mass is 16.2. The van der Waals surface area contributed by atoms with E-state index >= 15 is 0 Å². The SMILES string of the molecule is Cc1ccc(-n2ncc3c(=O)n(NC(=O)CCC4CCCCC4)cnc32)cc1C. The van der Waals surface area contributed by atoms with Gasteiger partial charge in [0.1, 0.15) is 11.7 Å². The molecule has 0 radical (unpaired) electrons. The second kappa shape index (κ2) is 8.19. The Kier molecular flexibility index (Phi) is 5.47. The lowest BCUT2D eigenvalue weighted by atomic mass is 9.86. The van der Waals surface area contributed by atoms with Crippen LogP contribution in [0.4, 0.5) is 0 Å². The third kappa shape index (κ3) is 4.09. The van der Waals surface area contributed by atoms with Crippen molar-refractivity contribution in [2.24, 2.45) is 5.92 Å². The number of aryl methyl sites for hydroxylation is 2. The van der Waals surface area contributed by atoms with E-state index in [4.69, 9.17) is 0 Å². The third-order valence-electron chi connectivity index (χ3n) is 5.97. The molecule has 0 atom stereocenters. The Morgan fingerprint density at radius 2 is 1.97 bits per heavy atom. The largest absolute Gasteiger partial charge is 0.283 e. The van der Waals surface area contributed by atoms with Gasteiger partial charge in [-0.2, -0.15) is 5.10 Å². The molecule has 1 N–H and O–H groups in total. The molecule has 1 aliphatic carbocycles. The molecule has 1 aliphatic rings. The van der Waals surface area contributed by atoms with Crippen molar-refractivity contribution in [2.75, 3.05) is 5.43 Å². The smallest absolute Gasteiger partial charge is 0.273 e. The fraction of sp³-hybridized carbons (Fsp3) is 0.455. The molecule has 7 heteroatoms. The van der Waals surface area contributed by atoms with Gasteiger partial charge in [0.2, 0.25) is 5.91 Å². The van der Waals surface area contributed by atoms with E-state index in [1.54, 1.807) is 4.68 Å². The Morgan fingerprint density at radius 3 is 2.72 bits per heavy atom. The van der Waals surface area contributed by atoms with Crippen LogP contribution in [0, 0.1) is 19.8 Å². The first-order chi connectivity index (χ1) is 14.0. The van der Waals surface area contributed by atoms with Crippen molar-refractivity contribution in [3.05, 3.63) is 52.2 Å². The number of fused-ring (bicyclic) bond motifs is 1. The Morgan fingerprint density at radius 1 is 1.17 bits per heavy atom. The van der Waals surface area contributed by atoms with Gasteiger partial charge in [0, 0.05) is 6.42 Å². The predicted octanol–water partition coefficient (Wildman–Crippen LogP) is 3.63. The quantitative estimate of drug-likeness (QED) is 0.718. The summed E-state index contributed by atoms with van der Waals surface area (Å²) in [7, 11) is 0. The normalized spacial score (nSPS) is 15.0. The van der Waals surface area contributed by atoms with Gasteiger partial charge >= 0.3 is 0 Å². The van der Waals surface area contributed by atoms with E-state index in [-0.39, 0.29) is 11.5 Å². The van der Waals surface area contributed by atoms with Gasteiger partial charge in [-0.05, 0) is 49.4 Å². The lowest BCUT2D eigenvalue weighted by Crippen LogP contribution is -2.33. The van der Waals surface area contributed by atoms with Crippen LogP contribution in [-0.4, -0.2) is 25.3 Å². The standard InChI is InChI=1S/C22H27N5O2/c1-15-8-10-18(12-16(15)2)27-21-19(13-24-27)22(29)26(14-23-21)25-20(28)11-9-17-6-4-3-5-7-17/h8,10,12-14,17H,3-7,9,11H2,1-2H3,(H,25,28). The summed E-state index contributed by atoms with van der Waals surface area (Å²) in [6.45, 7) is 4.09. The molecule has 2 heterocycles. The lowest BCUT2D eigenvalue weighted by Gasteiger charge is -2.21. The molecule has 0 aliphatic heterocycles. The van der Waals surface area contributed by atoms with Gasteiger partial charge in [-0.3, -0.25) is 15.0 Å². The van der Waals surface area contributed by atoms with E-state index in [9.17, 15) is 9.59 Å². The maximum Gasteiger partial charge on any atom is 0.283 e. The highest BCUT2D eigenvalue weighted by Crippen LogP contribution is 2.27. The summed E-state index contributed by atoms with van der Waals surface area (Å²) >= 11 is 0. The van der Waals surface area contributed by atoms with Crippen LogP contribution in [0.15, 0.2) is 35.5 Å². The molecular weight excluding hydrogens is 366 g/mol. The number of rotatable bonds is 5. The summed E-state index contributed by atoms with van der Waals surface area (Å²) in [5, 5.41) is 4.72. The van der Waals surface area contributed by atoms with Crippen molar-refractivity contribution >= 4 is 16.9 Å². The van der Waals surface area contributed by atoms with Crippen LogP contribution in [0.3, 0.4) is 0 Å². The fourth-order valence-corrected chi connectivity index (χ4v) is 4.04. The van der Waals surface area contributed by atoms with Gasteiger partial charge in [0.05, 0.1) is 11.9 Å². The molecule has 29 heavy (non-hydrogen) atoms. The van der Waals surface area contributed by atoms with Gasteiger partial charge < -0.3 is 0 Å². The summed E-state index contributed by atoms with van der Waals surface area (Å²) in [4.78, 5) is 29.5. The van der Waals surface area contributed by atoms with E-state index in [2.05, 4.69) is 15.5 Å². The molecule has 152 valence electrons. The monoisotopic (exact) mass is 393 g/mol. The minimum absolute atomic E-state index is 0.152. The molecular formula is C22H27N5O2. The summed E-state index contributed by atoms with van der Waals surface area (Å²) in [6.07, 6.45) is 10.4. The molecule has 7 nitrogen and oxygen atoms in total. The average molecular weight is 393 g/mol. The number of nitrogens with one attached hydrogen (secondary N) is 1. The average Bonchev–Trinajstić information content (AvgIpc) is 3.16. The zero-order valence-corrected chi connectivity index (χ0v) is 17.0. The van der Waals surface area contributed by atoms with E-state index < -0.39 is 0 Å². The molecule has 4 rings (SSSR count). The first-order valence-electron chi connectivity index (χ1n) is 10.4. The summed E-state index contributed by atoms with van der Waals surface area (Å²) in [6, 6.07) is 5.99. The third-order valence-corrected chi connectivity index (χ3v) is 5.97. The molecule has 1 amide bonds. The molecule has 1 saturated carbocycles. The van der Waals surface area contributed by atoms with Crippen molar-refractivity contribution in [2.45, 2.75) is 58.8 Å². The van der Waals surface area contributed by atoms with E-state index in [0.717, 1.165) is 22.3 Å². The zero-order valence-electron chi connectivity index (χ0n) is 17.0. The molecule has 0 spiro atoms. The highest BCUT2D eigenvalue weighted by molar-refractivity contribution is 5.84. The van der Waals surface area contributed by atoms with E-state index in [1.807, 2.05) is 32.0 Å². The van der Waals surface area contributed by atoms with Crippen molar-refractivity contribution in [1.82, 2.24) is 19.4 Å². The van der Waals surface area contributed by atoms with Crippen LogP contribution >= 0.6 is 0 Å². The number of amides is 1. The number of hydrogen-bond acceptors (Lipinski definition) is 4. The van der Waals surface area contributed by atoms with E-state index in [0.29, 0.717) is 23.4 Å². The number of carbonyl (C=O) groups excluding carboxylic acids is 1. The molecule has 0 saturated heterocycles. The molecule has 1 fully saturated rings. The van der Waals surface area contributed by atoms with Crippen molar-refractivity contribution in [1.29, 1.82) is 0 Å². The van der Waals surface area contributed by atoms with Gasteiger partial charge in [-0.25, -0.2) is 14.3 Å². The van der Waals surface area contributed by atoms with E-state index in [1.165, 1.54) is 50.2 Å². The number of carbonyl (C=O) groups is 1. The lowest BCUT2D eigenvalue weighted by molar-refractivity contribution is -0.117. The van der Waals surface area contributed by atoms with Crippen molar-refractivity contribution < 1.29 is 4.79 Å². The molecule has 0 bridgehead atoms. The Labute approximate surface area is 169 Å². The van der Waals surface area contributed by atoms with Gasteiger partial charge in [-0.15, -0.1) is 0 Å². The van der Waals surface area contributed by atoms with Crippen molar-refractivity contribution in [3.63, 3.8) is 0 Å². The van der Waals surface area contributed by atoms with Crippen LogP contribution in [0.5, 0.6) is 0 Å². The van der Waals surface area contributed by atoms with Crippen LogP contribution in [0.1, 0.15) is 56.1 Å². The van der Waals surface area contributed by atoms with Crippen LogP contribution in [-0.2, 0) is 4.79 Å². The summed E-state index contributed by atoms with van der Waals surface area (Å²) in [5.74, 6) is 0.475. The number of aromatic nitrogens is 4. The van der Waals surface area contributed by atoms with Gasteiger partial charge in [0.15, 0.2) is 5.65 Å². The summed E-state index contributed by atoms with van der Waals surface area (Å²) in [5.41, 5.74) is 6.01. The minimum atomic E-state index is -0.323. The van der Waals surface area contributed by atoms with Crippen LogP contribution < -0.4 is 11.0 Å². The maximum absolute atomic E-state index is 12.8. The molecule has 1 aromatic carbocycles. The topological polar surface area (TPSA) is 81.8 Å². The Balaban J connectivity index is 1.51. The minimum Gasteiger partial charge on any atom is -0.273 e. The maximum atomic E-state index is 12.8. The number of nitrogens with zero attached hydrogens (tertiary/aromatic N) is 4. The van der Waals surface area contributed by atoms with Crippen LogP contribution in [0.25, 0.3) is 16.7 Å². The number of hydrogen-bond donors (Lipinski definition) is 1. The Bertz CT molecular complexity index is 1090. The van der Waals surface area contributed by atoms with Crippen molar-refractivity contribution in [3.8, 4) is 5.69 Å². The predicted molar refractivity (Wildman–Crippen MR) is 113 cm³/mol. The first-order valence-corrected chi connectivity index (χ1v) is 10.4. The second-order valence-electron chi connectivity index (χ2n) is 8.06. The van der Waals surface area contributed by atoms with Gasteiger partial charge in [-0.1, -0.05) is 38.2 Å². The summed E-state index contributed by atoms with van der Waals surface area (Å²) < 4.78 is 2.82. The first kappa shape index (κ1) is 19.4.